The lowest BCUT2D eigenvalue weighted by Gasteiger charge is -2.29. The van der Waals surface area contributed by atoms with Gasteiger partial charge >= 0.3 is 0 Å². The maximum Gasteiger partial charge on any atom is 0.124 e. The lowest BCUT2D eigenvalue weighted by atomic mass is 9.85. The Bertz CT molecular complexity index is 291. The number of hydrogen-bond acceptors (Lipinski definition) is 2. The molecule has 0 aliphatic heterocycles. The first-order valence-corrected chi connectivity index (χ1v) is 6.22. The van der Waals surface area contributed by atoms with Crippen LogP contribution >= 0.6 is 0 Å². The highest BCUT2D eigenvalue weighted by Gasteiger charge is 2.24. The summed E-state index contributed by atoms with van der Waals surface area (Å²) in [6.07, 6.45) is 6.25. The van der Waals surface area contributed by atoms with Crippen LogP contribution in [-0.4, -0.2) is 17.8 Å². The smallest absolute Gasteiger partial charge is 0.124 e. The normalized spacial score (nSPS) is 19.3. The molecule has 1 atom stereocenters. The average Bonchev–Trinajstić information content (AvgIpc) is 2.38. The van der Waals surface area contributed by atoms with Crippen LogP contribution in [0.4, 0.5) is 0 Å². The average molecular weight is 220 g/mol. The van der Waals surface area contributed by atoms with E-state index in [9.17, 15) is 5.11 Å². The predicted molar refractivity (Wildman–Crippen MR) is 64.5 cm³/mol. The van der Waals surface area contributed by atoms with Crippen molar-refractivity contribution in [3.05, 3.63) is 30.3 Å². The van der Waals surface area contributed by atoms with Crippen molar-refractivity contribution >= 4 is 0 Å². The highest BCUT2D eigenvalue weighted by Crippen LogP contribution is 2.28. The molecule has 0 bridgehead atoms. The lowest BCUT2D eigenvalue weighted by molar-refractivity contribution is 0.0517. The summed E-state index contributed by atoms with van der Waals surface area (Å²) in [5.41, 5.74) is 0. The van der Waals surface area contributed by atoms with Crippen molar-refractivity contribution in [3.8, 4) is 5.75 Å². The van der Waals surface area contributed by atoms with Crippen molar-refractivity contribution in [2.45, 2.75) is 38.2 Å². The quantitative estimate of drug-likeness (QED) is 0.845. The van der Waals surface area contributed by atoms with Gasteiger partial charge in [-0.05, 0) is 30.9 Å². The Labute approximate surface area is 97.3 Å². The number of rotatable bonds is 4. The van der Waals surface area contributed by atoms with E-state index in [1.54, 1.807) is 0 Å². The van der Waals surface area contributed by atoms with Gasteiger partial charge in [-0.15, -0.1) is 0 Å². The molecule has 2 nitrogen and oxygen atoms in total. The Hall–Kier alpha value is -1.02. The Balaban J connectivity index is 1.94. The van der Waals surface area contributed by atoms with Crippen LogP contribution < -0.4 is 4.74 Å². The van der Waals surface area contributed by atoms with E-state index < -0.39 is 0 Å². The minimum Gasteiger partial charge on any atom is -0.488 e. The largest absolute Gasteiger partial charge is 0.488 e. The molecular weight excluding hydrogens is 200 g/mol. The molecule has 0 saturated heterocycles. The third-order valence-corrected chi connectivity index (χ3v) is 3.39. The van der Waals surface area contributed by atoms with Gasteiger partial charge in [0.15, 0.2) is 0 Å². The van der Waals surface area contributed by atoms with Gasteiger partial charge in [0.25, 0.3) is 0 Å². The van der Waals surface area contributed by atoms with Crippen molar-refractivity contribution in [3.63, 3.8) is 0 Å². The maximum atomic E-state index is 9.41. The summed E-state index contributed by atoms with van der Waals surface area (Å²) in [6.45, 7) is 0.125. The molecule has 1 fully saturated rings. The predicted octanol–water partition coefficient (Wildman–Crippen LogP) is 3.01. The first kappa shape index (κ1) is 11.5. The topological polar surface area (TPSA) is 29.5 Å². The summed E-state index contributed by atoms with van der Waals surface area (Å²) in [4.78, 5) is 0. The number of para-hydroxylation sites is 1. The van der Waals surface area contributed by atoms with Crippen molar-refractivity contribution in [2.75, 3.05) is 6.61 Å². The zero-order valence-electron chi connectivity index (χ0n) is 9.64. The van der Waals surface area contributed by atoms with Gasteiger partial charge in [0.05, 0.1) is 6.61 Å². The van der Waals surface area contributed by atoms with Crippen LogP contribution in [0.5, 0.6) is 5.75 Å². The number of ether oxygens (including phenoxy) is 1. The first-order valence-electron chi connectivity index (χ1n) is 6.22. The van der Waals surface area contributed by atoms with Gasteiger partial charge in [-0.2, -0.15) is 0 Å². The van der Waals surface area contributed by atoms with E-state index in [1.807, 2.05) is 30.3 Å². The Morgan fingerprint density at radius 3 is 2.44 bits per heavy atom. The molecule has 1 saturated carbocycles. The van der Waals surface area contributed by atoms with Crippen LogP contribution in [0.3, 0.4) is 0 Å². The zero-order chi connectivity index (χ0) is 11.2. The lowest BCUT2D eigenvalue weighted by Crippen LogP contribution is -2.32. The second-order valence-electron chi connectivity index (χ2n) is 4.55. The molecule has 88 valence electrons. The third kappa shape index (κ3) is 2.99. The molecule has 0 spiro atoms. The first-order chi connectivity index (χ1) is 7.90. The van der Waals surface area contributed by atoms with Gasteiger partial charge in [0.1, 0.15) is 11.9 Å². The molecule has 1 aliphatic rings. The van der Waals surface area contributed by atoms with E-state index in [0.717, 1.165) is 5.75 Å². The fraction of sp³-hybridized carbons (Fsp3) is 0.571. The van der Waals surface area contributed by atoms with Crippen molar-refractivity contribution in [1.29, 1.82) is 0 Å². The minimum absolute atomic E-state index is 0.0253. The highest BCUT2D eigenvalue weighted by atomic mass is 16.5. The van der Waals surface area contributed by atoms with Gasteiger partial charge in [-0.1, -0.05) is 37.5 Å². The summed E-state index contributed by atoms with van der Waals surface area (Å²) < 4.78 is 5.85. The fourth-order valence-electron chi connectivity index (χ4n) is 2.46. The second-order valence-corrected chi connectivity index (χ2v) is 4.55. The number of aliphatic hydroxyl groups excluding tert-OH is 1. The van der Waals surface area contributed by atoms with E-state index in [-0.39, 0.29) is 12.7 Å². The molecule has 1 N–H and O–H groups in total. The molecule has 16 heavy (non-hydrogen) atoms. The van der Waals surface area contributed by atoms with Crippen LogP contribution in [-0.2, 0) is 0 Å². The highest BCUT2D eigenvalue weighted by molar-refractivity contribution is 5.21. The summed E-state index contributed by atoms with van der Waals surface area (Å²) in [5.74, 6) is 1.39. The number of aliphatic hydroxyl groups is 1. The van der Waals surface area contributed by atoms with E-state index in [2.05, 4.69) is 0 Å². The Kier molecular flexibility index (Phi) is 4.23. The van der Waals surface area contributed by atoms with Crippen LogP contribution in [0, 0.1) is 5.92 Å². The summed E-state index contributed by atoms with van der Waals surface area (Å²) in [6, 6.07) is 9.80. The van der Waals surface area contributed by atoms with Crippen LogP contribution in [0.15, 0.2) is 30.3 Å². The van der Waals surface area contributed by atoms with Gasteiger partial charge in [-0.3, -0.25) is 0 Å². The monoisotopic (exact) mass is 220 g/mol. The van der Waals surface area contributed by atoms with Crippen molar-refractivity contribution in [2.24, 2.45) is 5.92 Å². The van der Waals surface area contributed by atoms with Crippen LogP contribution in [0.1, 0.15) is 32.1 Å². The van der Waals surface area contributed by atoms with Gasteiger partial charge in [0.2, 0.25) is 0 Å². The van der Waals surface area contributed by atoms with Gasteiger partial charge in [0, 0.05) is 0 Å². The Morgan fingerprint density at radius 1 is 1.12 bits per heavy atom. The SMILES string of the molecule is OCC(Oc1ccccc1)C1CCCCC1. The molecule has 0 radical (unpaired) electrons. The molecule has 0 aromatic heterocycles. The second kappa shape index (κ2) is 5.90. The minimum atomic E-state index is -0.0253. The molecule has 2 rings (SSSR count). The third-order valence-electron chi connectivity index (χ3n) is 3.39. The van der Waals surface area contributed by atoms with E-state index in [1.165, 1.54) is 32.1 Å². The molecule has 1 aliphatic carbocycles. The fourth-order valence-corrected chi connectivity index (χ4v) is 2.46. The maximum absolute atomic E-state index is 9.41. The molecule has 1 unspecified atom stereocenters. The Morgan fingerprint density at radius 2 is 1.81 bits per heavy atom. The molecule has 0 amide bonds. The van der Waals surface area contributed by atoms with E-state index in [0.29, 0.717) is 5.92 Å². The molecule has 0 heterocycles. The number of benzene rings is 1. The molecule has 2 heteroatoms. The molecular formula is C14H20O2. The number of hydrogen-bond donors (Lipinski definition) is 1. The summed E-state index contributed by atoms with van der Waals surface area (Å²) in [5, 5.41) is 9.41. The molecule has 1 aromatic rings. The van der Waals surface area contributed by atoms with Gasteiger partial charge < -0.3 is 9.84 Å². The zero-order valence-corrected chi connectivity index (χ0v) is 9.64. The van der Waals surface area contributed by atoms with E-state index >= 15 is 0 Å². The van der Waals surface area contributed by atoms with Gasteiger partial charge in [-0.25, -0.2) is 0 Å². The summed E-state index contributed by atoms with van der Waals surface area (Å²) in [7, 11) is 0. The standard InChI is InChI=1S/C14H20O2/c15-11-14(12-7-3-1-4-8-12)16-13-9-5-2-6-10-13/h2,5-6,9-10,12,14-15H,1,3-4,7-8,11H2. The van der Waals surface area contributed by atoms with Crippen molar-refractivity contribution < 1.29 is 9.84 Å². The molecule has 1 aromatic carbocycles. The summed E-state index contributed by atoms with van der Waals surface area (Å²) >= 11 is 0. The van der Waals surface area contributed by atoms with Crippen LogP contribution in [0.25, 0.3) is 0 Å². The van der Waals surface area contributed by atoms with E-state index in [4.69, 9.17) is 4.74 Å². The van der Waals surface area contributed by atoms with Crippen LogP contribution in [0.2, 0.25) is 0 Å². The van der Waals surface area contributed by atoms with Crippen molar-refractivity contribution in [1.82, 2.24) is 0 Å².